The normalized spacial score (nSPS) is 11.1. The number of ether oxygens (including phenoxy) is 2. The fourth-order valence-corrected chi connectivity index (χ4v) is 4.66. The molecular formula is C24H24ClFN2O5S. The van der Waals surface area contributed by atoms with E-state index in [-0.39, 0.29) is 40.3 Å². The Kier molecular flexibility index (Phi) is 8.36. The quantitative estimate of drug-likeness (QED) is 0.417. The molecule has 0 aliphatic rings. The average Bonchev–Trinajstić information content (AvgIpc) is 2.81. The van der Waals surface area contributed by atoms with Gasteiger partial charge in [-0.3, -0.25) is 9.10 Å². The van der Waals surface area contributed by atoms with Crippen LogP contribution in [0.5, 0.6) is 11.5 Å². The van der Waals surface area contributed by atoms with E-state index in [1.807, 2.05) is 6.92 Å². The Bertz CT molecular complexity index is 1240. The van der Waals surface area contributed by atoms with Gasteiger partial charge in [0.05, 0.1) is 24.2 Å². The highest BCUT2D eigenvalue weighted by molar-refractivity contribution is 7.92. The highest BCUT2D eigenvalue weighted by Gasteiger charge is 2.29. The summed E-state index contributed by atoms with van der Waals surface area (Å²) >= 11 is 6.12. The molecule has 10 heteroatoms. The summed E-state index contributed by atoms with van der Waals surface area (Å²) in [5.74, 6) is -0.247. The number of aryl methyl sites for hydroxylation is 1. The molecule has 0 saturated carbocycles. The number of sulfonamides is 1. The molecule has 0 aliphatic heterocycles. The molecule has 3 aromatic rings. The summed E-state index contributed by atoms with van der Waals surface area (Å²) in [6.07, 6.45) is 0. The molecule has 34 heavy (non-hydrogen) atoms. The Balaban J connectivity index is 1.78. The Labute approximate surface area is 203 Å². The largest absolute Gasteiger partial charge is 0.495 e. The van der Waals surface area contributed by atoms with Gasteiger partial charge in [-0.25, -0.2) is 12.8 Å². The third-order valence-corrected chi connectivity index (χ3v) is 6.82. The van der Waals surface area contributed by atoms with Gasteiger partial charge in [0.2, 0.25) is 5.91 Å². The van der Waals surface area contributed by atoms with Gasteiger partial charge in [-0.15, -0.1) is 0 Å². The number of amides is 1. The molecule has 3 rings (SSSR count). The lowest BCUT2D eigenvalue weighted by Gasteiger charge is -2.26. The van der Waals surface area contributed by atoms with Gasteiger partial charge in [-0.2, -0.15) is 0 Å². The molecule has 180 valence electrons. The minimum absolute atomic E-state index is 0.0209. The van der Waals surface area contributed by atoms with Gasteiger partial charge < -0.3 is 14.8 Å². The Hall–Kier alpha value is -3.30. The Morgan fingerprint density at radius 1 is 1.06 bits per heavy atom. The summed E-state index contributed by atoms with van der Waals surface area (Å²) in [6, 6.07) is 16.3. The fourth-order valence-electron chi connectivity index (χ4n) is 3.07. The van der Waals surface area contributed by atoms with Crippen molar-refractivity contribution in [3.63, 3.8) is 0 Å². The second kappa shape index (κ2) is 11.2. The van der Waals surface area contributed by atoms with E-state index in [0.29, 0.717) is 5.75 Å². The predicted molar refractivity (Wildman–Crippen MR) is 129 cm³/mol. The van der Waals surface area contributed by atoms with Crippen LogP contribution < -0.4 is 19.1 Å². The number of rotatable bonds is 10. The van der Waals surface area contributed by atoms with Gasteiger partial charge in [-0.1, -0.05) is 29.3 Å². The molecule has 1 amide bonds. The molecule has 0 atom stereocenters. The maximum atomic E-state index is 13.5. The minimum atomic E-state index is -4.13. The molecule has 3 aromatic carbocycles. The highest BCUT2D eigenvalue weighted by atomic mass is 35.5. The molecule has 0 bridgehead atoms. The maximum Gasteiger partial charge on any atom is 0.264 e. The number of methoxy groups -OCH3 is 1. The predicted octanol–water partition coefficient (Wildman–Crippen LogP) is 4.19. The summed E-state index contributed by atoms with van der Waals surface area (Å²) < 4.78 is 51.7. The van der Waals surface area contributed by atoms with Crippen molar-refractivity contribution >= 4 is 33.2 Å². The lowest BCUT2D eigenvalue weighted by molar-refractivity contribution is -0.119. The van der Waals surface area contributed by atoms with E-state index < -0.39 is 22.5 Å². The monoisotopic (exact) mass is 506 g/mol. The number of nitrogens with one attached hydrogen (secondary N) is 1. The van der Waals surface area contributed by atoms with Gasteiger partial charge in [0.25, 0.3) is 10.0 Å². The van der Waals surface area contributed by atoms with E-state index in [9.17, 15) is 17.6 Å². The van der Waals surface area contributed by atoms with Gasteiger partial charge in [0, 0.05) is 5.02 Å². The van der Waals surface area contributed by atoms with Crippen molar-refractivity contribution < 1.29 is 27.1 Å². The van der Waals surface area contributed by atoms with Crippen molar-refractivity contribution in [2.75, 3.05) is 31.1 Å². The first kappa shape index (κ1) is 25.3. The van der Waals surface area contributed by atoms with Crippen LogP contribution in [0.15, 0.2) is 71.6 Å². The maximum absolute atomic E-state index is 13.5. The Morgan fingerprint density at radius 2 is 1.74 bits per heavy atom. The van der Waals surface area contributed by atoms with Crippen LogP contribution in [-0.2, 0) is 14.8 Å². The molecular weight excluding hydrogens is 483 g/mol. The minimum Gasteiger partial charge on any atom is -0.495 e. The van der Waals surface area contributed by atoms with Crippen LogP contribution in [0.2, 0.25) is 5.02 Å². The summed E-state index contributed by atoms with van der Waals surface area (Å²) in [4.78, 5) is 12.7. The van der Waals surface area contributed by atoms with E-state index in [1.165, 1.54) is 55.6 Å². The lowest BCUT2D eigenvalue weighted by Crippen LogP contribution is -2.42. The summed E-state index contributed by atoms with van der Waals surface area (Å²) in [6.45, 7) is 1.56. The van der Waals surface area contributed by atoms with Crippen LogP contribution in [0.25, 0.3) is 0 Å². The average molecular weight is 507 g/mol. The van der Waals surface area contributed by atoms with E-state index in [1.54, 1.807) is 18.2 Å². The lowest BCUT2D eigenvalue weighted by atomic mass is 10.2. The summed E-state index contributed by atoms with van der Waals surface area (Å²) in [7, 11) is -2.73. The van der Waals surface area contributed by atoms with E-state index >= 15 is 0 Å². The topological polar surface area (TPSA) is 84.9 Å². The molecule has 1 N–H and O–H groups in total. The molecule has 0 spiro atoms. The van der Waals surface area contributed by atoms with Crippen molar-refractivity contribution in [2.24, 2.45) is 0 Å². The molecule has 0 fully saturated rings. The number of hydrogen-bond acceptors (Lipinski definition) is 5. The van der Waals surface area contributed by atoms with Crippen molar-refractivity contribution in [1.29, 1.82) is 0 Å². The van der Waals surface area contributed by atoms with E-state index in [0.717, 1.165) is 9.87 Å². The van der Waals surface area contributed by atoms with Gasteiger partial charge in [0.1, 0.15) is 30.5 Å². The second-order valence-corrected chi connectivity index (χ2v) is 9.59. The standard InChI is InChI=1S/C24H24ClFN2O5S/c1-17-3-10-21(11-4-17)34(30,31)28(22-15-18(25)5-12-23(22)32-2)16-24(29)27-13-14-33-20-8-6-19(26)7-9-20/h3-12,15H,13-14,16H2,1-2H3,(H,27,29). The molecule has 0 radical (unpaired) electrons. The molecule has 7 nitrogen and oxygen atoms in total. The zero-order chi connectivity index (χ0) is 24.7. The van der Waals surface area contributed by atoms with Crippen LogP contribution in [0.1, 0.15) is 5.56 Å². The van der Waals surface area contributed by atoms with Gasteiger partial charge in [-0.05, 0) is 61.5 Å². The number of benzene rings is 3. The third kappa shape index (κ3) is 6.39. The van der Waals surface area contributed by atoms with Crippen LogP contribution in [-0.4, -0.2) is 41.1 Å². The van der Waals surface area contributed by atoms with Crippen molar-refractivity contribution in [3.8, 4) is 11.5 Å². The number of nitrogens with zero attached hydrogens (tertiary/aromatic N) is 1. The summed E-state index contributed by atoms with van der Waals surface area (Å²) in [5.41, 5.74) is 1.03. The smallest absolute Gasteiger partial charge is 0.264 e. The zero-order valence-electron chi connectivity index (χ0n) is 18.6. The van der Waals surface area contributed by atoms with Crippen LogP contribution in [0.3, 0.4) is 0 Å². The van der Waals surface area contributed by atoms with E-state index in [2.05, 4.69) is 5.32 Å². The van der Waals surface area contributed by atoms with Gasteiger partial charge >= 0.3 is 0 Å². The van der Waals surface area contributed by atoms with Crippen molar-refractivity contribution in [1.82, 2.24) is 5.32 Å². The number of carbonyl (C=O) groups is 1. The molecule has 0 aliphatic carbocycles. The number of halogens is 2. The van der Waals surface area contributed by atoms with Gasteiger partial charge in [0.15, 0.2) is 0 Å². The first-order chi connectivity index (χ1) is 16.2. The number of anilines is 1. The zero-order valence-corrected chi connectivity index (χ0v) is 20.2. The third-order valence-electron chi connectivity index (χ3n) is 4.81. The molecule has 0 heterocycles. The number of carbonyl (C=O) groups excluding carboxylic acids is 1. The van der Waals surface area contributed by atoms with Crippen molar-refractivity contribution in [3.05, 3.63) is 83.1 Å². The SMILES string of the molecule is COc1ccc(Cl)cc1N(CC(=O)NCCOc1ccc(F)cc1)S(=O)(=O)c1ccc(C)cc1. The van der Waals surface area contributed by atoms with Crippen molar-refractivity contribution in [2.45, 2.75) is 11.8 Å². The fraction of sp³-hybridized carbons (Fsp3) is 0.208. The van der Waals surface area contributed by atoms with E-state index in [4.69, 9.17) is 21.1 Å². The van der Waals surface area contributed by atoms with Crippen LogP contribution in [0, 0.1) is 12.7 Å². The number of hydrogen-bond donors (Lipinski definition) is 1. The first-order valence-electron chi connectivity index (χ1n) is 10.3. The molecule has 0 saturated heterocycles. The van der Waals surface area contributed by atoms with Crippen LogP contribution in [0.4, 0.5) is 10.1 Å². The summed E-state index contributed by atoms with van der Waals surface area (Å²) in [5, 5.41) is 2.92. The first-order valence-corrected chi connectivity index (χ1v) is 12.1. The molecule has 0 unspecified atom stereocenters. The second-order valence-electron chi connectivity index (χ2n) is 7.29. The highest BCUT2D eigenvalue weighted by Crippen LogP contribution is 2.34. The van der Waals surface area contributed by atoms with Crippen LogP contribution >= 0.6 is 11.6 Å². The Morgan fingerprint density at radius 3 is 2.38 bits per heavy atom. The molecule has 0 aromatic heterocycles.